The molecule has 93 heavy (non-hydrogen) atoms. The molecule has 10 rings (SSSR count). The second kappa shape index (κ2) is 27.3. The fourth-order valence-corrected chi connectivity index (χ4v) is 12.2. The Balaban J connectivity index is 0.845. The molecule has 31 heteroatoms. The number of halogens is 4. The number of benzene rings is 3. The zero-order valence-corrected chi connectivity index (χ0v) is 54.6. The van der Waals surface area contributed by atoms with Crippen molar-refractivity contribution in [1.82, 2.24) is 45.4 Å². The number of likely N-dealkylation sites (tertiary alicyclic amines) is 1. The lowest BCUT2D eigenvalue weighted by molar-refractivity contribution is -0.287. The molecule has 4 aliphatic rings. The van der Waals surface area contributed by atoms with Gasteiger partial charge in [-0.1, -0.05) is 56.6 Å². The summed E-state index contributed by atoms with van der Waals surface area (Å²) in [6.07, 6.45) is -2.95. The normalized spacial score (nSPS) is 18.1. The fraction of sp³-hybridized carbons (Fsp3) is 0.468. The third-order valence-corrected chi connectivity index (χ3v) is 17.8. The average Bonchev–Trinajstić information content (AvgIpc) is 1.72. The molecule has 3 fully saturated rings. The Bertz CT molecular complexity index is 3880. The van der Waals surface area contributed by atoms with E-state index in [9.17, 15) is 45.9 Å². The summed E-state index contributed by atoms with van der Waals surface area (Å²) in [7, 11) is -3.85. The van der Waals surface area contributed by atoms with E-state index in [0.29, 0.717) is 11.3 Å². The lowest BCUT2D eigenvalue weighted by Gasteiger charge is -2.35. The Kier molecular flexibility index (Phi) is 19.9. The summed E-state index contributed by atoms with van der Waals surface area (Å²) in [5, 5.41) is 22.8. The summed E-state index contributed by atoms with van der Waals surface area (Å²) < 4.78 is 104. The quantitative estimate of drug-likeness (QED) is 0.0378. The van der Waals surface area contributed by atoms with Crippen molar-refractivity contribution < 1.29 is 74.3 Å². The maximum absolute atomic E-state index is 14.8. The summed E-state index contributed by atoms with van der Waals surface area (Å²) in [4.78, 5) is 82.2. The van der Waals surface area contributed by atoms with E-state index in [1.165, 1.54) is 58.8 Å². The van der Waals surface area contributed by atoms with E-state index in [4.69, 9.17) is 45.0 Å². The van der Waals surface area contributed by atoms with Gasteiger partial charge in [0.2, 0.25) is 23.7 Å². The number of amides is 4. The van der Waals surface area contributed by atoms with E-state index in [2.05, 4.69) is 41.2 Å². The molecule has 4 amide bonds. The first-order valence-corrected chi connectivity index (χ1v) is 33.1. The minimum absolute atomic E-state index is 0.00655. The summed E-state index contributed by atoms with van der Waals surface area (Å²) in [5.41, 5.74) is 0.931. The molecule has 3 aromatic carbocycles. The highest BCUT2D eigenvalue weighted by Crippen LogP contribution is 2.48. The molecule has 0 spiro atoms. The van der Waals surface area contributed by atoms with Crippen LogP contribution in [0.4, 0.5) is 41.2 Å². The molecular formula is C62H72ClF3N12O13S2. The molecule has 25 nitrogen and oxygen atoms in total. The summed E-state index contributed by atoms with van der Waals surface area (Å²) in [6.45, 7) is 13.1. The predicted octanol–water partition coefficient (Wildman–Crippen LogP) is 8.16. The van der Waals surface area contributed by atoms with Crippen LogP contribution in [0.2, 0.25) is 5.02 Å². The van der Waals surface area contributed by atoms with Crippen molar-refractivity contribution in [2.75, 3.05) is 80.9 Å². The predicted molar refractivity (Wildman–Crippen MR) is 337 cm³/mol. The Hall–Kier alpha value is -8.32. The topological polar surface area (TPSA) is 300 Å². The maximum Gasteiger partial charge on any atom is 0.586 e. The number of sulfone groups is 1. The number of ether oxygens (including phenoxy) is 6. The Morgan fingerprint density at radius 1 is 0.882 bits per heavy atom. The zero-order valence-electron chi connectivity index (χ0n) is 52.3. The molecule has 0 bridgehead atoms. The van der Waals surface area contributed by atoms with Gasteiger partial charge in [-0.25, -0.2) is 22.6 Å². The number of carbonyl (C=O) groups is 4. The lowest BCUT2D eigenvalue weighted by atomic mass is 9.85. The van der Waals surface area contributed by atoms with Crippen molar-refractivity contribution in [2.24, 2.45) is 5.41 Å². The molecule has 0 unspecified atom stereocenters. The number of anilines is 4. The highest BCUT2D eigenvalue weighted by atomic mass is 35.5. The number of fused-ring (bicyclic) bond motifs is 1. The number of carbonyl (C=O) groups excluding carboxylic acids is 4. The molecule has 5 N–H and O–H groups in total. The number of β-amino-alcohol motifs (C(OH)–C–C–N with tert-alkyl or cyclic N) is 1. The van der Waals surface area contributed by atoms with Crippen LogP contribution in [0.25, 0.3) is 10.4 Å². The van der Waals surface area contributed by atoms with E-state index in [-0.39, 0.29) is 147 Å². The van der Waals surface area contributed by atoms with Gasteiger partial charge in [-0.2, -0.15) is 15.0 Å². The first-order chi connectivity index (χ1) is 43.9. The number of nitrogens with one attached hydrogen (secondary N) is 4. The largest absolute Gasteiger partial charge is 0.586 e. The summed E-state index contributed by atoms with van der Waals surface area (Å²) in [5.74, 6) is -2.15. The fourth-order valence-electron chi connectivity index (χ4n) is 10.5. The molecule has 498 valence electrons. The maximum atomic E-state index is 14.8. The van der Waals surface area contributed by atoms with Gasteiger partial charge in [0.1, 0.15) is 36.6 Å². The van der Waals surface area contributed by atoms with E-state index in [1.54, 1.807) is 75.1 Å². The van der Waals surface area contributed by atoms with Crippen LogP contribution in [0.5, 0.6) is 23.3 Å². The molecule has 6 heterocycles. The first-order valence-electron chi connectivity index (χ1n) is 29.9. The molecular weight excluding hydrogens is 1280 g/mol. The standard InChI is InChI=1S/C62H72ClF3N12O13S2/c1-35-50(92-34-69-35)36-14-15-37(32-68-52(80)44-30-38(79)33-78(44)53(81)51(59(2,3)4)72-54(82)61(64)18-19-61)46(29-36)87-27-25-86-26-28-88-57-74-55(73-56(75-57)76-21-23-77(24-22-76)58(83)91-60(5,6)7)71-43-31-39(93(8,84)85)16-17-42(43)70-47(48-41(63)12-10-20-67-48)40-11-9-13-45-49(40)90-62(65,66)89-45/h9-17,20,29,31,34,38,44,47,51,70,79H,18-19,21-28,30,32-33H2,1-8H3,(H,68,80)(H,72,82)(H,71,73,74,75)/t38-,44+,47+,51-/m1/s1. The van der Waals surface area contributed by atoms with Crippen molar-refractivity contribution in [3.63, 3.8) is 0 Å². The molecule has 6 aromatic rings. The number of rotatable bonds is 23. The van der Waals surface area contributed by atoms with Crippen LogP contribution < -0.4 is 45.1 Å². The molecule has 0 radical (unpaired) electrons. The number of hydrogen-bond donors (Lipinski definition) is 5. The van der Waals surface area contributed by atoms with Crippen molar-refractivity contribution in [2.45, 2.75) is 121 Å². The number of piperazine rings is 1. The van der Waals surface area contributed by atoms with Gasteiger partial charge >= 0.3 is 18.4 Å². The Morgan fingerprint density at radius 2 is 1.62 bits per heavy atom. The number of aryl methyl sites for hydroxylation is 1. The van der Waals surface area contributed by atoms with Gasteiger partial charge in [0.25, 0.3) is 5.91 Å². The molecule has 4 atom stereocenters. The number of thiazole rings is 1. The SMILES string of the molecule is Cc1ncsc1-c1ccc(CNC(=O)[C@@H]2C[C@@H](O)CN2C(=O)[C@@H](NC(=O)C2(F)CC2)C(C)(C)C)c(OCCOCCOc2nc(Nc3cc(S(C)(=O)=O)ccc3N[C@@H](c3cccc4c3OC(F)(F)O4)c3ncccc3Cl)nc(N3CCN(C(=O)OC(C)(C)C)CC3)n2)c1. The molecule has 3 aromatic heterocycles. The highest BCUT2D eigenvalue weighted by molar-refractivity contribution is 7.90. The minimum atomic E-state index is -3.98. The van der Waals surface area contributed by atoms with Gasteiger partial charge < -0.3 is 69.5 Å². The number of aliphatic hydroxyl groups is 1. The van der Waals surface area contributed by atoms with Gasteiger partial charge in [0, 0.05) is 69.3 Å². The van der Waals surface area contributed by atoms with Gasteiger partial charge in [-0.05, 0) is 94.0 Å². The third kappa shape index (κ3) is 16.5. The second-order valence-electron chi connectivity index (χ2n) is 24.8. The smallest absolute Gasteiger partial charge is 0.491 e. The summed E-state index contributed by atoms with van der Waals surface area (Å²) in [6, 6.07) is 13.6. The average molecular weight is 1350 g/mol. The van der Waals surface area contributed by atoms with E-state index in [0.717, 1.165) is 22.4 Å². The molecule has 1 saturated carbocycles. The highest BCUT2D eigenvalue weighted by Gasteiger charge is 2.54. The molecule has 3 aliphatic heterocycles. The number of aromatic nitrogens is 5. The van der Waals surface area contributed by atoms with E-state index in [1.807, 2.05) is 19.1 Å². The number of aliphatic hydroxyl groups excluding tert-OH is 1. The minimum Gasteiger partial charge on any atom is -0.491 e. The van der Waals surface area contributed by atoms with Gasteiger partial charge in [-0.3, -0.25) is 19.4 Å². The van der Waals surface area contributed by atoms with Crippen LogP contribution in [0.15, 0.2) is 83.3 Å². The monoisotopic (exact) mass is 1350 g/mol. The van der Waals surface area contributed by atoms with E-state index >= 15 is 0 Å². The Labute approximate surface area is 544 Å². The van der Waals surface area contributed by atoms with E-state index < -0.39 is 80.9 Å². The summed E-state index contributed by atoms with van der Waals surface area (Å²) >= 11 is 8.17. The second-order valence-corrected chi connectivity index (χ2v) is 28.1. The number of alkyl halides is 3. The van der Waals surface area contributed by atoms with Crippen LogP contribution in [-0.2, 0) is 40.2 Å². The van der Waals surface area contributed by atoms with Crippen LogP contribution in [0.3, 0.4) is 0 Å². The number of para-hydroxylation sites is 1. The number of pyridine rings is 1. The Morgan fingerprint density at radius 3 is 2.30 bits per heavy atom. The van der Waals surface area contributed by atoms with Crippen molar-refractivity contribution in [3.05, 3.63) is 106 Å². The van der Waals surface area contributed by atoms with Crippen molar-refractivity contribution in [1.29, 1.82) is 0 Å². The molecule has 2 saturated heterocycles. The zero-order chi connectivity index (χ0) is 66.8. The van der Waals surface area contributed by atoms with Crippen LogP contribution in [-0.4, -0.2) is 173 Å². The molecule has 1 aliphatic carbocycles. The first kappa shape index (κ1) is 67.6. The van der Waals surface area contributed by atoms with Crippen molar-refractivity contribution in [3.8, 4) is 33.7 Å². The van der Waals surface area contributed by atoms with Gasteiger partial charge in [-0.15, -0.1) is 20.1 Å². The van der Waals surface area contributed by atoms with Gasteiger partial charge in [0.05, 0.1) is 68.4 Å². The lowest BCUT2D eigenvalue weighted by Crippen LogP contribution is -2.59. The van der Waals surface area contributed by atoms with Crippen LogP contribution in [0.1, 0.15) is 89.4 Å². The number of nitrogens with zero attached hydrogens (tertiary/aromatic N) is 8. The van der Waals surface area contributed by atoms with Crippen molar-refractivity contribution >= 4 is 79.9 Å². The van der Waals surface area contributed by atoms with Gasteiger partial charge in [0.15, 0.2) is 27.0 Å². The third-order valence-electron chi connectivity index (χ3n) is 15.4. The van der Waals surface area contributed by atoms with Crippen LogP contribution >= 0.6 is 22.9 Å². The van der Waals surface area contributed by atoms with Crippen LogP contribution in [0, 0.1) is 12.3 Å². The number of hydrogen-bond acceptors (Lipinski definition) is 22.